The van der Waals surface area contributed by atoms with Gasteiger partial charge in [-0.1, -0.05) is 32.9 Å². The summed E-state index contributed by atoms with van der Waals surface area (Å²) in [6.07, 6.45) is 1.04. The summed E-state index contributed by atoms with van der Waals surface area (Å²) in [7, 11) is 1.85. The summed E-state index contributed by atoms with van der Waals surface area (Å²) in [6, 6.07) is 1.94. The van der Waals surface area contributed by atoms with Gasteiger partial charge in [0.2, 0.25) is 0 Å². The molecule has 1 N–H and O–H groups in total. The summed E-state index contributed by atoms with van der Waals surface area (Å²) < 4.78 is 2.40. The molecule has 0 aliphatic rings. The predicted molar refractivity (Wildman–Crippen MR) is 87.2 cm³/mol. The van der Waals surface area contributed by atoms with Gasteiger partial charge >= 0.3 is 0 Å². The van der Waals surface area contributed by atoms with Crippen molar-refractivity contribution in [1.29, 1.82) is 0 Å². The molecular weight excluding hydrogens is 332 g/mol. The summed E-state index contributed by atoms with van der Waals surface area (Å²) in [5.41, 5.74) is 1.53. The van der Waals surface area contributed by atoms with Crippen LogP contribution in [-0.2, 0) is 12.5 Å². The van der Waals surface area contributed by atoms with Gasteiger partial charge in [-0.2, -0.15) is 0 Å². The maximum absolute atomic E-state index is 4.69. The highest BCUT2D eigenvalue weighted by Crippen LogP contribution is 2.28. The zero-order chi connectivity index (χ0) is 15.6. The van der Waals surface area contributed by atoms with Crippen molar-refractivity contribution < 1.29 is 0 Å². The molecule has 0 radical (unpaired) electrons. The van der Waals surface area contributed by atoms with Crippen molar-refractivity contribution >= 4 is 21.7 Å². The maximum Gasteiger partial charge on any atom is 0.157 e. The van der Waals surface area contributed by atoms with E-state index in [-0.39, 0.29) is 5.41 Å². The van der Waals surface area contributed by atoms with E-state index in [9.17, 15) is 0 Å². The molecular formula is C14H21BrN6. The molecule has 0 fully saturated rings. The summed E-state index contributed by atoms with van der Waals surface area (Å²) in [5.74, 6) is 1.63. The highest BCUT2D eigenvalue weighted by atomic mass is 79.9. The number of rotatable bonds is 4. The van der Waals surface area contributed by atoms with Crippen molar-refractivity contribution in [1.82, 2.24) is 25.0 Å². The van der Waals surface area contributed by atoms with Crippen LogP contribution >= 0.6 is 15.9 Å². The van der Waals surface area contributed by atoms with Gasteiger partial charge in [-0.15, -0.1) is 5.10 Å². The van der Waals surface area contributed by atoms with Gasteiger partial charge in [0.05, 0.1) is 5.69 Å². The number of aromatic nitrogens is 5. The fraction of sp³-hybridized carbons (Fsp3) is 0.571. The average Bonchev–Trinajstić information content (AvgIpc) is 2.74. The van der Waals surface area contributed by atoms with Crippen molar-refractivity contribution in [2.24, 2.45) is 7.05 Å². The van der Waals surface area contributed by atoms with E-state index in [2.05, 4.69) is 64.2 Å². The van der Waals surface area contributed by atoms with E-state index in [1.165, 1.54) is 0 Å². The Hall–Kier alpha value is -1.50. The largest absolute Gasteiger partial charge is 0.370 e. The fourth-order valence-corrected chi connectivity index (χ4v) is 2.38. The predicted octanol–water partition coefficient (Wildman–Crippen LogP) is 3.15. The SMILES string of the molecule is CCCNc1cc(-c2c(Br)nnn2C)nc(C(C)(C)C)n1. The lowest BCUT2D eigenvalue weighted by Crippen LogP contribution is -2.18. The van der Waals surface area contributed by atoms with Crippen molar-refractivity contribution in [2.75, 3.05) is 11.9 Å². The Kier molecular flexibility index (Phi) is 4.61. The molecule has 114 valence electrons. The van der Waals surface area contributed by atoms with E-state index in [0.29, 0.717) is 4.60 Å². The molecule has 2 rings (SSSR count). The third kappa shape index (κ3) is 3.58. The van der Waals surface area contributed by atoms with Gasteiger partial charge < -0.3 is 5.32 Å². The van der Waals surface area contributed by atoms with Crippen LogP contribution in [0, 0.1) is 0 Å². The van der Waals surface area contributed by atoms with E-state index < -0.39 is 0 Å². The second-order valence-electron chi connectivity index (χ2n) is 5.99. The molecule has 0 unspecified atom stereocenters. The van der Waals surface area contributed by atoms with Crippen LogP contribution in [0.3, 0.4) is 0 Å². The van der Waals surface area contributed by atoms with E-state index in [4.69, 9.17) is 4.98 Å². The molecule has 0 amide bonds. The second-order valence-corrected chi connectivity index (χ2v) is 6.74. The van der Waals surface area contributed by atoms with Crippen LogP contribution in [0.2, 0.25) is 0 Å². The molecule has 0 atom stereocenters. The van der Waals surface area contributed by atoms with Crippen molar-refractivity contribution in [2.45, 2.75) is 39.5 Å². The summed E-state index contributed by atoms with van der Waals surface area (Å²) in [4.78, 5) is 9.32. The summed E-state index contributed by atoms with van der Waals surface area (Å²) >= 11 is 3.43. The van der Waals surface area contributed by atoms with Gasteiger partial charge in [0, 0.05) is 25.1 Å². The number of anilines is 1. The first-order chi connectivity index (χ1) is 9.82. The Bertz CT molecular complexity index is 609. The topological polar surface area (TPSA) is 68.5 Å². The molecule has 21 heavy (non-hydrogen) atoms. The van der Waals surface area contributed by atoms with E-state index in [0.717, 1.165) is 36.0 Å². The minimum Gasteiger partial charge on any atom is -0.370 e. The van der Waals surface area contributed by atoms with Crippen LogP contribution in [0.15, 0.2) is 10.7 Å². The van der Waals surface area contributed by atoms with E-state index in [1.807, 2.05) is 13.1 Å². The maximum atomic E-state index is 4.69. The van der Waals surface area contributed by atoms with Crippen LogP contribution in [0.1, 0.15) is 39.9 Å². The van der Waals surface area contributed by atoms with E-state index in [1.54, 1.807) is 4.68 Å². The molecule has 0 saturated carbocycles. The lowest BCUT2D eigenvalue weighted by molar-refractivity contribution is 0.546. The number of halogens is 1. The lowest BCUT2D eigenvalue weighted by Gasteiger charge is -2.19. The molecule has 6 nitrogen and oxygen atoms in total. The first-order valence-electron chi connectivity index (χ1n) is 7.02. The van der Waals surface area contributed by atoms with E-state index >= 15 is 0 Å². The van der Waals surface area contributed by atoms with Crippen LogP contribution in [-0.4, -0.2) is 31.5 Å². The number of nitrogens with one attached hydrogen (secondary N) is 1. The highest BCUT2D eigenvalue weighted by Gasteiger charge is 2.21. The van der Waals surface area contributed by atoms with Crippen LogP contribution < -0.4 is 5.32 Å². The van der Waals surface area contributed by atoms with Crippen molar-refractivity contribution in [3.05, 3.63) is 16.5 Å². The molecule has 2 heterocycles. The van der Waals surface area contributed by atoms with Gasteiger partial charge in [0.15, 0.2) is 4.60 Å². The molecule has 0 saturated heterocycles. The van der Waals surface area contributed by atoms with Gasteiger partial charge in [-0.3, -0.25) is 0 Å². The average molecular weight is 353 g/mol. The normalized spacial score (nSPS) is 11.7. The number of hydrogen-bond donors (Lipinski definition) is 1. The number of aryl methyl sites for hydroxylation is 1. The molecule has 2 aromatic heterocycles. The quantitative estimate of drug-likeness (QED) is 0.915. The Morgan fingerprint density at radius 3 is 2.52 bits per heavy atom. The lowest BCUT2D eigenvalue weighted by atomic mass is 9.95. The van der Waals surface area contributed by atoms with Crippen LogP contribution in [0.4, 0.5) is 5.82 Å². The molecule has 0 bridgehead atoms. The molecule has 0 aliphatic heterocycles. The molecule has 2 aromatic rings. The zero-order valence-electron chi connectivity index (χ0n) is 13.1. The summed E-state index contributed by atoms with van der Waals surface area (Å²) in [5, 5.41) is 11.4. The first-order valence-corrected chi connectivity index (χ1v) is 7.81. The van der Waals surface area contributed by atoms with Gasteiger partial charge in [-0.05, 0) is 22.4 Å². The zero-order valence-corrected chi connectivity index (χ0v) is 14.7. The van der Waals surface area contributed by atoms with Crippen LogP contribution in [0.5, 0.6) is 0 Å². The second kappa shape index (κ2) is 6.09. The Morgan fingerprint density at radius 2 is 2.00 bits per heavy atom. The Labute approximate surface area is 133 Å². The molecule has 0 spiro atoms. The standard InChI is InChI=1S/C14H21BrN6/c1-6-7-16-10-8-9(11-12(15)19-20-21(11)5)17-13(18-10)14(2,3)4/h8H,6-7H2,1-5H3,(H,16,17,18). The molecule has 0 aliphatic carbocycles. The smallest absolute Gasteiger partial charge is 0.157 e. The minimum atomic E-state index is -0.128. The van der Waals surface area contributed by atoms with Gasteiger partial charge in [0.1, 0.15) is 17.3 Å². The molecule has 0 aromatic carbocycles. The fourth-order valence-electron chi connectivity index (χ4n) is 1.85. The third-order valence-electron chi connectivity index (χ3n) is 2.98. The highest BCUT2D eigenvalue weighted by molar-refractivity contribution is 9.10. The first kappa shape index (κ1) is 15.9. The third-order valence-corrected chi connectivity index (χ3v) is 3.52. The van der Waals surface area contributed by atoms with Crippen LogP contribution in [0.25, 0.3) is 11.4 Å². The monoisotopic (exact) mass is 352 g/mol. The van der Waals surface area contributed by atoms with Gasteiger partial charge in [0.25, 0.3) is 0 Å². The van der Waals surface area contributed by atoms with Crippen molar-refractivity contribution in [3.8, 4) is 11.4 Å². The number of nitrogens with zero attached hydrogens (tertiary/aromatic N) is 5. The minimum absolute atomic E-state index is 0.128. The van der Waals surface area contributed by atoms with Gasteiger partial charge in [-0.25, -0.2) is 14.6 Å². The molecule has 7 heteroatoms. The van der Waals surface area contributed by atoms with Crippen molar-refractivity contribution in [3.63, 3.8) is 0 Å². The summed E-state index contributed by atoms with van der Waals surface area (Å²) in [6.45, 7) is 9.32. The Morgan fingerprint density at radius 1 is 1.29 bits per heavy atom. The Balaban J connectivity index is 2.55. The number of hydrogen-bond acceptors (Lipinski definition) is 5.